The Morgan fingerprint density at radius 1 is 1.05 bits per heavy atom. The van der Waals surface area contributed by atoms with Crippen LogP contribution in [-0.2, 0) is 26.4 Å². The number of anilines is 1. The van der Waals surface area contributed by atoms with Gasteiger partial charge in [-0.25, -0.2) is 27.7 Å². The van der Waals surface area contributed by atoms with Crippen LogP contribution < -0.4 is 20.1 Å². The number of hydrogen-bond donors (Lipinski definition) is 3. The number of ether oxygens (including phenoxy) is 2. The molecule has 1 aromatic heterocycles. The van der Waals surface area contributed by atoms with Crippen molar-refractivity contribution in [1.29, 1.82) is 0 Å². The van der Waals surface area contributed by atoms with Crippen LogP contribution in [0.1, 0.15) is 29.3 Å². The predicted molar refractivity (Wildman–Crippen MR) is 145 cm³/mol. The first kappa shape index (κ1) is 27.2. The minimum absolute atomic E-state index is 0.256. The third kappa shape index (κ3) is 4.68. The number of alkyl halides is 2. The monoisotopic (exact) mass is 595 g/mol. The molecule has 42 heavy (non-hydrogen) atoms. The van der Waals surface area contributed by atoms with Crippen molar-refractivity contribution in [2.45, 2.75) is 28.9 Å². The molecule has 3 amide bonds. The maximum absolute atomic E-state index is 13.7. The molecule has 1 aliphatic carbocycles. The summed E-state index contributed by atoms with van der Waals surface area (Å²) >= 11 is 0. The van der Waals surface area contributed by atoms with Gasteiger partial charge in [-0.05, 0) is 48.4 Å². The maximum Gasteiger partial charge on any atom is 0.430 e. The summed E-state index contributed by atoms with van der Waals surface area (Å²) in [6.45, 7) is 0. The minimum Gasteiger partial charge on any atom is -0.453 e. The number of rotatable bonds is 7. The van der Waals surface area contributed by atoms with Gasteiger partial charge in [0, 0.05) is 29.7 Å². The molecule has 2 aliphatic rings. The van der Waals surface area contributed by atoms with Crippen LogP contribution in [0.4, 0.5) is 24.1 Å². The second-order valence-corrected chi connectivity index (χ2v) is 11.4. The number of urea groups is 1. The molecule has 0 saturated heterocycles. The van der Waals surface area contributed by atoms with Crippen LogP contribution >= 0.6 is 0 Å². The van der Waals surface area contributed by atoms with Crippen molar-refractivity contribution in [1.82, 2.24) is 19.6 Å². The van der Waals surface area contributed by atoms with Gasteiger partial charge in [-0.1, -0.05) is 36.4 Å². The topological polar surface area (TPSA) is 141 Å². The van der Waals surface area contributed by atoms with Crippen molar-refractivity contribution in [3.05, 3.63) is 102 Å². The van der Waals surface area contributed by atoms with Gasteiger partial charge in [-0.2, -0.15) is 8.78 Å². The molecule has 11 nitrogen and oxygen atoms in total. The average Bonchev–Trinajstić information content (AvgIpc) is 3.45. The van der Waals surface area contributed by atoms with Gasteiger partial charge < -0.3 is 19.4 Å². The van der Waals surface area contributed by atoms with Crippen LogP contribution in [-0.4, -0.2) is 37.2 Å². The molecular formula is C28H23F2N5O6S. The van der Waals surface area contributed by atoms with Crippen LogP contribution in [0.3, 0.4) is 0 Å². The van der Waals surface area contributed by atoms with E-state index in [9.17, 15) is 26.8 Å². The molecule has 0 radical (unpaired) electrons. The number of imidazole rings is 1. The van der Waals surface area contributed by atoms with Crippen molar-refractivity contribution in [3.8, 4) is 11.4 Å². The summed E-state index contributed by atoms with van der Waals surface area (Å²) in [5.74, 6) is -0.329. The number of aromatic nitrogens is 2. The number of benzene rings is 3. The number of sulfonamides is 1. The largest absolute Gasteiger partial charge is 0.453 e. The molecule has 2 atom stereocenters. The molecule has 0 spiro atoms. The minimum atomic E-state index is -4.58. The summed E-state index contributed by atoms with van der Waals surface area (Å²) in [6, 6.07) is 18.4. The number of methoxy groups -OCH3 is 1. The first-order valence-electron chi connectivity index (χ1n) is 12.6. The van der Waals surface area contributed by atoms with E-state index in [0.29, 0.717) is 23.6 Å². The van der Waals surface area contributed by atoms with Gasteiger partial charge in [-0.15, -0.1) is 0 Å². The number of nitrogens with zero attached hydrogens (tertiary/aromatic N) is 2. The first-order chi connectivity index (χ1) is 20.0. The Balaban J connectivity index is 1.30. The molecular weight excluding hydrogens is 572 g/mol. The normalized spacial score (nSPS) is 19.8. The fourth-order valence-corrected chi connectivity index (χ4v) is 6.17. The molecule has 14 heteroatoms. The fourth-order valence-electron chi connectivity index (χ4n) is 5.11. The van der Waals surface area contributed by atoms with Gasteiger partial charge >= 0.3 is 18.2 Å². The molecule has 1 saturated carbocycles. The Bertz CT molecular complexity index is 1800. The zero-order chi connectivity index (χ0) is 29.7. The van der Waals surface area contributed by atoms with E-state index in [1.807, 2.05) is 35.1 Å². The van der Waals surface area contributed by atoms with E-state index in [-0.39, 0.29) is 5.92 Å². The number of amides is 3. The average molecular weight is 596 g/mol. The molecule has 4 aromatic rings. The number of fused-ring (bicyclic) bond motifs is 1. The van der Waals surface area contributed by atoms with Crippen LogP contribution in [0.15, 0.2) is 90.1 Å². The highest BCUT2D eigenvalue weighted by molar-refractivity contribution is 7.90. The Kier molecular flexibility index (Phi) is 6.37. The molecule has 0 unspecified atom stereocenters. The van der Waals surface area contributed by atoms with Gasteiger partial charge in [0.15, 0.2) is 5.75 Å². The zero-order valence-electron chi connectivity index (χ0n) is 21.9. The lowest BCUT2D eigenvalue weighted by molar-refractivity contribution is -0.223. The highest BCUT2D eigenvalue weighted by Crippen LogP contribution is 2.58. The van der Waals surface area contributed by atoms with E-state index in [0.717, 1.165) is 23.8 Å². The molecule has 0 bridgehead atoms. The quantitative estimate of drug-likeness (QED) is 0.284. The Hall–Kier alpha value is -4.98. The SMILES string of the molecule is COC(=O)Nc1ccc(-n2ccnc2[C@@]2(NC(=O)NS(=O)(=O)c3cccc4c3OC4(F)F)C[C@@H]2c2ccccc2)cc1. The van der Waals surface area contributed by atoms with Crippen LogP contribution in [0.2, 0.25) is 0 Å². The highest BCUT2D eigenvalue weighted by atomic mass is 32.2. The molecule has 6 rings (SSSR count). The van der Waals surface area contributed by atoms with Gasteiger partial charge in [0.2, 0.25) is 0 Å². The lowest BCUT2D eigenvalue weighted by Gasteiger charge is -2.31. The van der Waals surface area contributed by atoms with Crippen LogP contribution in [0.25, 0.3) is 5.69 Å². The summed E-state index contributed by atoms with van der Waals surface area (Å²) < 4.78 is 66.2. The maximum atomic E-state index is 13.7. The number of halogens is 2. The summed E-state index contributed by atoms with van der Waals surface area (Å²) in [4.78, 5) is 28.7. The summed E-state index contributed by atoms with van der Waals surface area (Å²) in [6.07, 6.45) is -0.578. The van der Waals surface area contributed by atoms with Crippen molar-refractivity contribution < 1.29 is 36.3 Å². The van der Waals surface area contributed by atoms with Crippen molar-refractivity contribution in [2.75, 3.05) is 12.4 Å². The van der Waals surface area contributed by atoms with Gasteiger partial charge in [0.05, 0.1) is 7.11 Å². The fraction of sp³-hybridized carbons (Fsp3) is 0.179. The number of carbonyl (C=O) groups excluding carboxylic acids is 2. The van der Waals surface area contributed by atoms with E-state index in [1.165, 1.54) is 7.11 Å². The standard InChI is InChI=1S/C28H23F2N5O6S/c1-40-26(37)32-18-10-12-19(13-11-18)35-15-14-31-24(35)27(16-21(27)17-6-3-2-4-7-17)33-25(36)34-42(38,39)22-9-5-8-20-23(22)41-28(20,29)30/h2-15,21H,16H2,1H3,(H,32,37)(H2,33,34,36)/t21-,27-/m1/s1. The zero-order valence-corrected chi connectivity index (χ0v) is 22.7. The molecule has 3 aromatic carbocycles. The third-order valence-corrected chi connectivity index (χ3v) is 8.51. The molecule has 2 heterocycles. The van der Waals surface area contributed by atoms with Gasteiger partial charge in [0.1, 0.15) is 21.8 Å². The van der Waals surface area contributed by atoms with Gasteiger partial charge in [-0.3, -0.25) is 5.32 Å². The van der Waals surface area contributed by atoms with E-state index in [4.69, 9.17) is 0 Å². The van der Waals surface area contributed by atoms with E-state index in [2.05, 4.69) is 25.1 Å². The molecule has 3 N–H and O–H groups in total. The number of carbonyl (C=O) groups is 2. The second kappa shape index (κ2) is 9.83. The number of para-hydroxylation sites is 1. The highest BCUT2D eigenvalue weighted by Gasteiger charge is 2.60. The molecule has 216 valence electrons. The Morgan fingerprint density at radius 2 is 1.79 bits per heavy atom. The van der Waals surface area contributed by atoms with Gasteiger partial charge in [0.25, 0.3) is 10.0 Å². The Labute approximate surface area is 238 Å². The second-order valence-electron chi connectivity index (χ2n) is 9.73. The van der Waals surface area contributed by atoms with Crippen molar-refractivity contribution >= 4 is 27.8 Å². The Morgan fingerprint density at radius 3 is 2.48 bits per heavy atom. The van der Waals surface area contributed by atoms with Crippen molar-refractivity contribution in [3.63, 3.8) is 0 Å². The lowest BCUT2D eigenvalue weighted by atomic mass is 10.1. The summed E-state index contributed by atoms with van der Waals surface area (Å²) in [7, 11) is -3.32. The van der Waals surface area contributed by atoms with E-state index in [1.54, 1.807) is 41.2 Å². The summed E-state index contributed by atoms with van der Waals surface area (Å²) in [5.41, 5.74) is 0.360. The first-order valence-corrected chi connectivity index (χ1v) is 14.1. The lowest BCUT2D eigenvalue weighted by Crippen LogP contribution is -2.46. The molecule has 1 aliphatic heterocycles. The predicted octanol–water partition coefficient (Wildman–Crippen LogP) is 4.56. The van der Waals surface area contributed by atoms with Crippen LogP contribution in [0.5, 0.6) is 5.75 Å². The summed E-state index contributed by atoms with van der Waals surface area (Å²) in [5, 5.41) is 5.36. The smallest absolute Gasteiger partial charge is 0.430 e. The van der Waals surface area contributed by atoms with Crippen LogP contribution in [0, 0.1) is 0 Å². The number of nitrogens with one attached hydrogen (secondary N) is 3. The van der Waals surface area contributed by atoms with Crippen molar-refractivity contribution in [2.24, 2.45) is 0 Å². The van der Waals surface area contributed by atoms with E-state index < -0.39 is 50.0 Å². The number of hydrogen-bond acceptors (Lipinski definition) is 7. The third-order valence-electron chi connectivity index (χ3n) is 7.16. The van der Waals surface area contributed by atoms with E-state index >= 15 is 0 Å². The molecule has 1 fully saturated rings.